The van der Waals surface area contributed by atoms with Gasteiger partial charge in [0.25, 0.3) is 0 Å². The van der Waals surface area contributed by atoms with Crippen LogP contribution in [0, 0.1) is 0 Å². The van der Waals surface area contributed by atoms with E-state index in [4.69, 9.17) is 4.74 Å². The van der Waals surface area contributed by atoms with Crippen molar-refractivity contribution in [2.45, 2.75) is 25.2 Å². The maximum Gasteiger partial charge on any atom is 0.306 e. The molecule has 1 aliphatic heterocycles. The minimum Gasteiger partial charge on any atom is -0.465 e. The molecule has 0 unspecified atom stereocenters. The lowest BCUT2D eigenvalue weighted by Crippen LogP contribution is -2.25. The minimum absolute atomic E-state index is 0.0711. The summed E-state index contributed by atoms with van der Waals surface area (Å²) in [6, 6.07) is 10.2. The Balaban J connectivity index is 2.34. The SMILES string of the molecule is CC[C@]1(c2ccccc2)COC(=O)C1. The van der Waals surface area contributed by atoms with Gasteiger partial charge in [0, 0.05) is 5.41 Å². The highest BCUT2D eigenvalue weighted by Gasteiger charge is 2.40. The summed E-state index contributed by atoms with van der Waals surface area (Å²) in [7, 11) is 0. The van der Waals surface area contributed by atoms with Crippen LogP contribution < -0.4 is 0 Å². The number of carbonyl (C=O) groups excluding carboxylic acids is 1. The summed E-state index contributed by atoms with van der Waals surface area (Å²) in [5, 5.41) is 0. The monoisotopic (exact) mass is 190 g/mol. The normalized spacial score (nSPS) is 26.2. The number of esters is 1. The Bertz CT molecular complexity index is 331. The van der Waals surface area contributed by atoms with Crippen molar-refractivity contribution in [3.05, 3.63) is 35.9 Å². The molecule has 14 heavy (non-hydrogen) atoms. The highest BCUT2D eigenvalue weighted by Crippen LogP contribution is 2.36. The molecule has 0 bridgehead atoms. The van der Waals surface area contributed by atoms with Gasteiger partial charge in [0.2, 0.25) is 0 Å². The molecule has 1 saturated heterocycles. The fraction of sp³-hybridized carbons (Fsp3) is 0.417. The molecule has 1 aromatic rings. The van der Waals surface area contributed by atoms with Crippen LogP contribution in [0.15, 0.2) is 30.3 Å². The zero-order chi connectivity index (χ0) is 10.0. The quantitative estimate of drug-likeness (QED) is 0.669. The zero-order valence-electron chi connectivity index (χ0n) is 8.32. The number of hydrogen-bond acceptors (Lipinski definition) is 2. The second-order valence-electron chi connectivity index (χ2n) is 3.84. The molecule has 0 saturated carbocycles. The first-order valence-corrected chi connectivity index (χ1v) is 4.98. The van der Waals surface area contributed by atoms with Gasteiger partial charge >= 0.3 is 5.97 Å². The Morgan fingerprint density at radius 2 is 2.07 bits per heavy atom. The Kier molecular flexibility index (Phi) is 2.28. The summed E-state index contributed by atoms with van der Waals surface area (Å²) in [6.07, 6.45) is 1.47. The van der Waals surface area contributed by atoms with Crippen LogP contribution in [0.2, 0.25) is 0 Å². The van der Waals surface area contributed by atoms with Crippen LogP contribution in [0.1, 0.15) is 25.3 Å². The number of cyclic esters (lactones) is 1. The summed E-state index contributed by atoms with van der Waals surface area (Å²) >= 11 is 0. The highest BCUT2D eigenvalue weighted by molar-refractivity contribution is 5.74. The van der Waals surface area contributed by atoms with Gasteiger partial charge < -0.3 is 4.74 Å². The number of ether oxygens (including phenoxy) is 1. The molecule has 0 spiro atoms. The van der Waals surface area contributed by atoms with Crippen molar-refractivity contribution in [3.8, 4) is 0 Å². The third-order valence-corrected chi connectivity index (χ3v) is 3.06. The van der Waals surface area contributed by atoms with E-state index in [0.29, 0.717) is 13.0 Å². The van der Waals surface area contributed by atoms with E-state index in [-0.39, 0.29) is 11.4 Å². The maximum absolute atomic E-state index is 11.2. The summed E-state index contributed by atoms with van der Waals surface area (Å²) in [5.41, 5.74) is 1.14. The lowest BCUT2D eigenvalue weighted by molar-refractivity contribution is -0.137. The van der Waals surface area contributed by atoms with Gasteiger partial charge in [-0.1, -0.05) is 37.3 Å². The van der Waals surface area contributed by atoms with Crippen molar-refractivity contribution in [2.24, 2.45) is 0 Å². The van der Waals surface area contributed by atoms with Crippen molar-refractivity contribution >= 4 is 5.97 Å². The minimum atomic E-state index is -0.0734. The van der Waals surface area contributed by atoms with E-state index in [0.717, 1.165) is 6.42 Å². The smallest absolute Gasteiger partial charge is 0.306 e. The first-order chi connectivity index (χ1) is 6.77. The topological polar surface area (TPSA) is 26.3 Å². The first-order valence-electron chi connectivity index (χ1n) is 4.98. The van der Waals surface area contributed by atoms with Crippen LogP contribution in [-0.4, -0.2) is 12.6 Å². The standard InChI is InChI=1S/C12H14O2/c1-2-12(8-11(13)14-9-12)10-6-4-3-5-7-10/h3-7H,2,8-9H2,1H3/t12-/m1/s1. The fourth-order valence-corrected chi connectivity index (χ4v) is 2.01. The molecule has 0 radical (unpaired) electrons. The van der Waals surface area contributed by atoms with Gasteiger partial charge in [-0.25, -0.2) is 0 Å². The molecule has 2 nitrogen and oxygen atoms in total. The van der Waals surface area contributed by atoms with Crippen LogP contribution in [0.3, 0.4) is 0 Å². The molecule has 0 aromatic heterocycles. The summed E-state index contributed by atoms with van der Waals surface area (Å²) in [6.45, 7) is 2.64. The molecule has 0 amide bonds. The number of carbonyl (C=O) groups is 1. The predicted molar refractivity (Wildman–Crippen MR) is 54.0 cm³/mol. The molecular formula is C12H14O2. The molecule has 1 heterocycles. The van der Waals surface area contributed by atoms with Gasteiger partial charge in [0.1, 0.15) is 6.61 Å². The Morgan fingerprint density at radius 3 is 2.57 bits per heavy atom. The molecule has 1 fully saturated rings. The van der Waals surface area contributed by atoms with E-state index in [1.54, 1.807) is 0 Å². The van der Waals surface area contributed by atoms with Crippen LogP contribution in [0.4, 0.5) is 0 Å². The Labute approximate surface area is 83.9 Å². The highest BCUT2D eigenvalue weighted by atomic mass is 16.5. The molecule has 74 valence electrons. The van der Waals surface area contributed by atoms with E-state index in [1.807, 2.05) is 18.2 Å². The zero-order valence-corrected chi connectivity index (χ0v) is 8.32. The Morgan fingerprint density at radius 1 is 1.36 bits per heavy atom. The van der Waals surface area contributed by atoms with Crippen molar-refractivity contribution in [3.63, 3.8) is 0 Å². The van der Waals surface area contributed by atoms with E-state index in [9.17, 15) is 4.79 Å². The number of benzene rings is 1. The molecule has 1 atom stereocenters. The van der Waals surface area contributed by atoms with Gasteiger partial charge in [0.15, 0.2) is 0 Å². The average molecular weight is 190 g/mol. The number of rotatable bonds is 2. The van der Waals surface area contributed by atoms with E-state index < -0.39 is 0 Å². The molecule has 0 N–H and O–H groups in total. The molecule has 2 rings (SSSR count). The van der Waals surface area contributed by atoms with Gasteiger partial charge in [-0.2, -0.15) is 0 Å². The van der Waals surface area contributed by atoms with Gasteiger partial charge in [-0.15, -0.1) is 0 Å². The van der Waals surface area contributed by atoms with Crippen molar-refractivity contribution < 1.29 is 9.53 Å². The summed E-state index contributed by atoms with van der Waals surface area (Å²) < 4.78 is 5.08. The maximum atomic E-state index is 11.2. The lowest BCUT2D eigenvalue weighted by atomic mass is 9.77. The van der Waals surface area contributed by atoms with Crippen LogP contribution >= 0.6 is 0 Å². The molecule has 1 aromatic carbocycles. The number of hydrogen-bond donors (Lipinski definition) is 0. The van der Waals surface area contributed by atoms with E-state index in [2.05, 4.69) is 19.1 Å². The van der Waals surface area contributed by atoms with Crippen LogP contribution in [0.25, 0.3) is 0 Å². The fourth-order valence-electron chi connectivity index (χ4n) is 2.01. The molecule has 1 aliphatic rings. The van der Waals surface area contributed by atoms with Gasteiger partial charge in [0.05, 0.1) is 6.42 Å². The van der Waals surface area contributed by atoms with E-state index in [1.165, 1.54) is 5.56 Å². The second-order valence-corrected chi connectivity index (χ2v) is 3.84. The molecular weight excluding hydrogens is 176 g/mol. The van der Waals surface area contributed by atoms with Crippen LogP contribution in [0.5, 0.6) is 0 Å². The summed E-state index contributed by atoms with van der Waals surface area (Å²) in [4.78, 5) is 11.2. The van der Waals surface area contributed by atoms with Crippen molar-refractivity contribution in [1.82, 2.24) is 0 Å². The molecule has 2 heteroatoms. The predicted octanol–water partition coefficient (Wildman–Crippen LogP) is 2.28. The van der Waals surface area contributed by atoms with Gasteiger partial charge in [-0.05, 0) is 12.0 Å². The third-order valence-electron chi connectivity index (χ3n) is 3.06. The van der Waals surface area contributed by atoms with Crippen molar-refractivity contribution in [2.75, 3.05) is 6.61 Å². The third kappa shape index (κ3) is 1.41. The average Bonchev–Trinajstić information content (AvgIpc) is 2.63. The van der Waals surface area contributed by atoms with Crippen molar-refractivity contribution in [1.29, 1.82) is 0 Å². The van der Waals surface area contributed by atoms with Gasteiger partial charge in [-0.3, -0.25) is 4.79 Å². The van der Waals surface area contributed by atoms with E-state index >= 15 is 0 Å². The Hall–Kier alpha value is -1.31. The second kappa shape index (κ2) is 3.45. The van der Waals surface area contributed by atoms with Crippen LogP contribution in [-0.2, 0) is 14.9 Å². The first kappa shape index (κ1) is 9.25. The largest absolute Gasteiger partial charge is 0.465 e. The lowest BCUT2D eigenvalue weighted by Gasteiger charge is -2.24. The summed E-state index contributed by atoms with van der Waals surface area (Å²) in [5.74, 6) is -0.0734. The molecule has 0 aliphatic carbocycles.